The van der Waals surface area contributed by atoms with Crippen LogP contribution in [0, 0.1) is 0 Å². The van der Waals surface area contributed by atoms with Crippen LogP contribution in [0.3, 0.4) is 0 Å². The first kappa shape index (κ1) is 20.6. The number of halogens is 1. The van der Waals surface area contributed by atoms with E-state index >= 15 is 0 Å². The number of nitrogens with zero attached hydrogens (tertiary/aromatic N) is 3. The summed E-state index contributed by atoms with van der Waals surface area (Å²) in [6, 6.07) is 10.6. The molecule has 7 nitrogen and oxygen atoms in total. The van der Waals surface area contributed by atoms with Crippen molar-refractivity contribution in [1.29, 1.82) is 0 Å². The Morgan fingerprint density at radius 2 is 1.96 bits per heavy atom. The molecule has 0 aliphatic carbocycles. The van der Waals surface area contributed by atoms with E-state index in [2.05, 4.69) is 67.9 Å². The Balaban J connectivity index is 0.00000225. The molecule has 28 heavy (non-hydrogen) atoms. The van der Waals surface area contributed by atoms with Crippen LogP contribution in [0.25, 0.3) is 0 Å². The van der Waals surface area contributed by atoms with E-state index in [9.17, 15) is 4.79 Å². The maximum Gasteiger partial charge on any atom is 0.272 e. The van der Waals surface area contributed by atoms with E-state index in [-0.39, 0.29) is 24.4 Å². The minimum Gasteiger partial charge on any atom is -0.369 e. The largest absolute Gasteiger partial charge is 0.369 e. The van der Waals surface area contributed by atoms with Gasteiger partial charge >= 0.3 is 0 Å². The quantitative estimate of drug-likeness (QED) is 0.702. The fourth-order valence-corrected chi connectivity index (χ4v) is 3.97. The average molecular weight is 405 g/mol. The van der Waals surface area contributed by atoms with Crippen LogP contribution in [0.2, 0.25) is 0 Å². The summed E-state index contributed by atoms with van der Waals surface area (Å²) in [6.07, 6.45) is 0.900. The molecule has 8 heteroatoms. The lowest BCUT2D eigenvalue weighted by Crippen LogP contribution is -2.51. The summed E-state index contributed by atoms with van der Waals surface area (Å²) in [5.74, 6) is -0.0772. The van der Waals surface area contributed by atoms with Crippen molar-refractivity contribution in [1.82, 2.24) is 25.7 Å². The van der Waals surface area contributed by atoms with Gasteiger partial charge in [0.05, 0.1) is 0 Å². The Labute approximate surface area is 172 Å². The van der Waals surface area contributed by atoms with Crippen LogP contribution in [0.5, 0.6) is 0 Å². The Morgan fingerprint density at radius 3 is 2.71 bits per heavy atom. The lowest BCUT2D eigenvalue weighted by molar-refractivity contribution is 0.0922. The van der Waals surface area contributed by atoms with E-state index in [0.717, 1.165) is 56.9 Å². The van der Waals surface area contributed by atoms with Crippen LogP contribution in [-0.4, -0.2) is 66.3 Å². The van der Waals surface area contributed by atoms with Crippen LogP contribution < -0.4 is 15.5 Å². The van der Waals surface area contributed by atoms with E-state index in [1.165, 1.54) is 5.69 Å². The van der Waals surface area contributed by atoms with Crippen LogP contribution >= 0.6 is 12.4 Å². The molecule has 0 spiro atoms. The average Bonchev–Trinajstić information content (AvgIpc) is 3.13. The van der Waals surface area contributed by atoms with Gasteiger partial charge in [-0.1, -0.05) is 18.2 Å². The molecular weight excluding hydrogens is 376 g/mol. The molecule has 2 aromatic rings. The highest BCUT2D eigenvalue weighted by molar-refractivity contribution is 5.94. The van der Waals surface area contributed by atoms with Crippen molar-refractivity contribution in [3.8, 4) is 0 Å². The van der Waals surface area contributed by atoms with Gasteiger partial charge in [0.15, 0.2) is 5.69 Å². The molecule has 1 aromatic carbocycles. The van der Waals surface area contributed by atoms with E-state index in [4.69, 9.17) is 0 Å². The minimum absolute atomic E-state index is 0. The zero-order valence-corrected chi connectivity index (χ0v) is 17.1. The number of carbonyl (C=O) groups excluding carboxylic acids is 1. The number of anilines is 1. The summed E-state index contributed by atoms with van der Waals surface area (Å²) in [5, 5.41) is 13.7. The summed E-state index contributed by atoms with van der Waals surface area (Å²) >= 11 is 0. The van der Waals surface area contributed by atoms with Crippen molar-refractivity contribution >= 4 is 24.0 Å². The molecule has 1 fully saturated rings. The number of para-hydroxylation sites is 1. The topological polar surface area (TPSA) is 76.3 Å². The van der Waals surface area contributed by atoms with Gasteiger partial charge in [-0.15, -0.1) is 12.4 Å². The predicted molar refractivity (Wildman–Crippen MR) is 113 cm³/mol. The molecule has 1 saturated heterocycles. The first-order valence-electron chi connectivity index (χ1n) is 9.81. The first-order valence-corrected chi connectivity index (χ1v) is 9.81. The lowest BCUT2D eigenvalue weighted by atomic mass is 10.1. The number of rotatable bonds is 5. The highest BCUT2D eigenvalue weighted by Gasteiger charge is 2.24. The van der Waals surface area contributed by atoms with E-state index in [1.807, 2.05) is 0 Å². The molecule has 4 rings (SSSR count). The van der Waals surface area contributed by atoms with Gasteiger partial charge < -0.3 is 15.5 Å². The van der Waals surface area contributed by atoms with Crippen molar-refractivity contribution in [2.75, 3.05) is 44.2 Å². The van der Waals surface area contributed by atoms with Gasteiger partial charge in [-0.25, -0.2) is 0 Å². The number of piperazine rings is 1. The zero-order valence-electron chi connectivity index (χ0n) is 16.3. The van der Waals surface area contributed by atoms with Crippen LogP contribution in [0.4, 0.5) is 5.69 Å². The smallest absolute Gasteiger partial charge is 0.272 e. The van der Waals surface area contributed by atoms with Crippen molar-refractivity contribution in [3.05, 3.63) is 47.3 Å². The molecular formula is C20H29ClN6O. The number of nitrogens with one attached hydrogen (secondary N) is 3. The molecule has 1 aromatic heterocycles. The maximum atomic E-state index is 12.6. The van der Waals surface area contributed by atoms with E-state index in [1.54, 1.807) is 0 Å². The first-order chi connectivity index (χ1) is 13.2. The second-order valence-corrected chi connectivity index (χ2v) is 7.45. The summed E-state index contributed by atoms with van der Waals surface area (Å²) in [4.78, 5) is 17.5. The molecule has 152 valence electrons. The van der Waals surface area contributed by atoms with Gasteiger partial charge in [0.25, 0.3) is 5.91 Å². The third kappa shape index (κ3) is 4.66. The number of hydrogen-bond donors (Lipinski definition) is 3. The van der Waals surface area contributed by atoms with Crippen molar-refractivity contribution in [2.24, 2.45) is 0 Å². The number of benzene rings is 1. The molecule has 0 saturated carbocycles. The summed E-state index contributed by atoms with van der Waals surface area (Å²) < 4.78 is 0. The van der Waals surface area contributed by atoms with Gasteiger partial charge in [0, 0.05) is 75.2 Å². The summed E-state index contributed by atoms with van der Waals surface area (Å²) in [6.45, 7) is 8.63. The fourth-order valence-electron chi connectivity index (χ4n) is 3.97. The Kier molecular flexibility index (Phi) is 6.93. The number of aromatic amines is 1. The molecule has 0 bridgehead atoms. The van der Waals surface area contributed by atoms with Gasteiger partial charge in [0.1, 0.15) is 0 Å². The Hall–Kier alpha value is -2.09. The highest BCUT2D eigenvalue weighted by Crippen LogP contribution is 2.17. The molecule has 2 aliphatic rings. The summed E-state index contributed by atoms with van der Waals surface area (Å²) in [7, 11) is 0. The highest BCUT2D eigenvalue weighted by atomic mass is 35.5. The number of H-pyrrole nitrogens is 1. The SMILES string of the molecule is CC(CN1CCN(c2ccccc2)CC1)NC(=O)c1n[nH]c2c1CNCC2.Cl. The van der Waals surface area contributed by atoms with Gasteiger partial charge in [-0.3, -0.25) is 14.8 Å². The van der Waals surface area contributed by atoms with E-state index < -0.39 is 0 Å². The van der Waals surface area contributed by atoms with Crippen LogP contribution in [0.15, 0.2) is 30.3 Å². The third-order valence-corrected chi connectivity index (χ3v) is 5.42. The van der Waals surface area contributed by atoms with Gasteiger partial charge in [-0.05, 0) is 19.1 Å². The summed E-state index contributed by atoms with van der Waals surface area (Å²) in [5.41, 5.74) is 3.93. The minimum atomic E-state index is -0.0772. The van der Waals surface area contributed by atoms with Crippen molar-refractivity contribution in [2.45, 2.75) is 25.9 Å². The third-order valence-electron chi connectivity index (χ3n) is 5.42. The normalized spacial score (nSPS) is 18.1. The number of aromatic nitrogens is 2. The molecule has 3 N–H and O–H groups in total. The fraction of sp³-hybridized carbons (Fsp3) is 0.500. The number of amides is 1. The molecule has 1 atom stereocenters. The molecule has 0 radical (unpaired) electrons. The van der Waals surface area contributed by atoms with Crippen molar-refractivity contribution < 1.29 is 4.79 Å². The Morgan fingerprint density at radius 1 is 1.21 bits per heavy atom. The van der Waals surface area contributed by atoms with Gasteiger partial charge in [-0.2, -0.15) is 5.10 Å². The molecule has 1 amide bonds. The predicted octanol–water partition coefficient (Wildman–Crippen LogP) is 1.42. The van der Waals surface area contributed by atoms with Gasteiger partial charge in [0.2, 0.25) is 0 Å². The van der Waals surface area contributed by atoms with Crippen LogP contribution in [0.1, 0.15) is 28.7 Å². The zero-order chi connectivity index (χ0) is 18.6. The molecule has 3 heterocycles. The number of fused-ring (bicyclic) bond motifs is 1. The van der Waals surface area contributed by atoms with Crippen molar-refractivity contribution in [3.63, 3.8) is 0 Å². The number of hydrogen-bond acceptors (Lipinski definition) is 5. The Bertz CT molecular complexity index is 772. The molecule has 2 aliphatic heterocycles. The lowest BCUT2D eigenvalue weighted by Gasteiger charge is -2.37. The second kappa shape index (κ2) is 9.41. The van der Waals surface area contributed by atoms with E-state index in [0.29, 0.717) is 12.2 Å². The monoisotopic (exact) mass is 404 g/mol. The second-order valence-electron chi connectivity index (χ2n) is 7.45. The number of carbonyl (C=O) groups is 1. The molecule has 1 unspecified atom stereocenters. The van der Waals surface area contributed by atoms with Crippen LogP contribution in [-0.2, 0) is 13.0 Å². The maximum absolute atomic E-state index is 12.6. The standard InChI is InChI=1S/C20H28N6O.ClH/c1-15(22-20(27)19-17-13-21-8-7-18(17)23-24-19)14-25-9-11-26(12-10-25)16-5-3-2-4-6-16;/h2-6,15,21H,7-14H2,1H3,(H,22,27)(H,23,24);1H.